The van der Waals surface area contributed by atoms with Gasteiger partial charge in [0.05, 0.1) is 7.11 Å². The van der Waals surface area contributed by atoms with E-state index in [1.807, 2.05) is 19.1 Å². The second-order valence-corrected chi connectivity index (χ2v) is 2.42. The third-order valence-electron chi connectivity index (χ3n) is 1.58. The number of phenols is 1. The van der Waals surface area contributed by atoms with E-state index in [0.29, 0.717) is 0 Å². The molecule has 1 aromatic carbocycles. The minimum Gasteiger partial charge on any atom is -0.507 e. The first kappa shape index (κ1) is 8.65. The Kier molecular flexibility index (Phi) is 2.75. The Bertz CT molecular complexity index is 290. The molecule has 0 spiro atoms. The van der Waals surface area contributed by atoms with Gasteiger partial charge in [0, 0.05) is 5.56 Å². The van der Waals surface area contributed by atoms with E-state index in [1.165, 1.54) is 0 Å². The molecule has 0 aliphatic rings. The number of aromatic hydroxyl groups is 1. The zero-order valence-corrected chi connectivity index (χ0v) is 7.24. The Morgan fingerprint density at radius 3 is 2.75 bits per heavy atom. The molecule has 0 atom stereocenters. The van der Waals surface area contributed by atoms with Crippen molar-refractivity contribution in [3.63, 3.8) is 0 Å². The smallest absolute Gasteiger partial charge is 0.123 e. The van der Waals surface area contributed by atoms with Crippen LogP contribution < -0.4 is 4.74 Å². The minimum absolute atomic E-state index is 0.272. The molecule has 0 unspecified atom stereocenters. The van der Waals surface area contributed by atoms with Crippen molar-refractivity contribution >= 4 is 6.08 Å². The summed E-state index contributed by atoms with van der Waals surface area (Å²) in [5.74, 6) is 1.02. The summed E-state index contributed by atoms with van der Waals surface area (Å²) in [6, 6.07) is 5.13. The molecule has 0 radical (unpaired) electrons. The molecule has 1 aromatic rings. The normalized spacial score (nSPS) is 10.5. The highest BCUT2D eigenvalue weighted by Gasteiger charge is 1.98. The summed E-state index contributed by atoms with van der Waals surface area (Å²) in [4.78, 5) is 0. The predicted molar refractivity (Wildman–Crippen MR) is 49.4 cm³/mol. The molecule has 0 aliphatic heterocycles. The molecule has 0 amide bonds. The first-order chi connectivity index (χ1) is 5.77. The molecule has 0 saturated carbocycles. The van der Waals surface area contributed by atoms with E-state index in [2.05, 4.69) is 0 Å². The van der Waals surface area contributed by atoms with Gasteiger partial charge in [-0.05, 0) is 25.1 Å². The van der Waals surface area contributed by atoms with Gasteiger partial charge in [-0.3, -0.25) is 0 Å². The molecule has 2 nitrogen and oxygen atoms in total. The van der Waals surface area contributed by atoms with Gasteiger partial charge in [0.2, 0.25) is 0 Å². The third-order valence-corrected chi connectivity index (χ3v) is 1.58. The molecule has 0 saturated heterocycles. The van der Waals surface area contributed by atoms with Crippen molar-refractivity contribution in [2.45, 2.75) is 6.92 Å². The van der Waals surface area contributed by atoms with E-state index in [1.54, 1.807) is 25.3 Å². The van der Waals surface area contributed by atoms with Gasteiger partial charge in [0.15, 0.2) is 0 Å². The molecule has 0 fully saturated rings. The second kappa shape index (κ2) is 3.81. The van der Waals surface area contributed by atoms with Crippen molar-refractivity contribution in [2.24, 2.45) is 0 Å². The maximum atomic E-state index is 9.35. The molecule has 64 valence electrons. The number of methoxy groups -OCH3 is 1. The summed E-state index contributed by atoms with van der Waals surface area (Å²) in [5.41, 5.74) is 0.775. The fourth-order valence-electron chi connectivity index (χ4n) is 0.973. The van der Waals surface area contributed by atoms with Crippen LogP contribution in [0.5, 0.6) is 11.5 Å². The lowest BCUT2D eigenvalue weighted by Gasteiger charge is -2.02. The summed E-state index contributed by atoms with van der Waals surface area (Å²) >= 11 is 0. The standard InChI is InChI=1S/C10H12O2/c1-3-4-8-7-9(12-2)5-6-10(8)11/h3-7,11H,1-2H3. The number of benzene rings is 1. The number of phenolic OH excluding ortho intramolecular Hbond substituents is 1. The largest absolute Gasteiger partial charge is 0.507 e. The Hall–Kier alpha value is -1.44. The average molecular weight is 164 g/mol. The molecule has 1 N–H and O–H groups in total. The molecule has 2 heteroatoms. The van der Waals surface area contributed by atoms with Crippen molar-refractivity contribution in [3.05, 3.63) is 29.8 Å². The van der Waals surface area contributed by atoms with E-state index in [-0.39, 0.29) is 5.75 Å². The number of allylic oxidation sites excluding steroid dienone is 1. The Labute approximate surface area is 72.1 Å². The van der Waals surface area contributed by atoms with Gasteiger partial charge in [-0.25, -0.2) is 0 Å². The fourth-order valence-corrected chi connectivity index (χ4v) is 0.973. The van der Waals surface area contributed by atoms with Gasteiger partial charge in [-0.15, -0.1) is 0 Å². The molecule has 12 heavy (non-hydrogen) atoms. The summed E-state index contributed by atoms with van der Waals surface area (Å²) < 4.78 is 5.01. The highest BCUT2D eigenvalue weighted by Crippen LogP contribution is 2.23. The summed E-state index contributed by atoms with van der Waals surface area (Å²) in [7, 11) is 1.60. The zero-order chi connectivity index (χ0) is 8.97. The number of hydrogen-bond acceptors (Lipinski definition) is 2. The first-order valence-electron chi connectivity index (χ1n) is 3.77. The monoisotopic (exact) mass is 164 g/mol. The summed E-state index contributed by atoms with van der Waals surface area (Å²) in [6.45, 7) is 1.90. The van der Waals surface area contributed by atoms with E-state index >= 15 is 0 Å². The van der Waals surface area contributed by atoms with Crippen LogP contribution >= 0.6 is 0 Å². The van der Waals surface area contributed by atoms with Crippen molar-refractivity contribution in [3.8, 4) is 11.5 Å². The first-order valence-corrected chi connectivity index (χ1v) is 3.77. The maximum Gasteiger partial charge on any atom is 0.123 e. The van der Waals surface area contributed by atoms with Crippen LogP contribution in [0.15, 0.2) is 24.3 Å². The van der Waals surface area contributed by atoms with E-state index in [0.717, 1.165) is 11.3 Å². The van der Waals surface area contributed by atoms with E-state index in [4.69, 9.17) is 4.74 Å². The molecular weight excluding hydrogens is 152 g/mol. The van der Waals surface area contributed by atoms with Gasteiger partial charge in [-0.2, -0.15) is 0 Å². The van der Waals surface area contributed by atoms with Crippen molar-refractivity contribution in [2.75, 3.05) is 7.11 Å². The minimum atomic E-state index is 0.272. The summed E-state index contributed by atoms with van der Waals surface area (Å²) in [6.07, 6.45) is 3.70. The molecule has 0 aliphatic carbocycles. The van der Waals surface area contributed by atoms with Gasteiger partial charge < -0.3 is 9.84 Å². The van der Waals surface area contributed by atoms with Crippen LogP contribution in [0, 0.1) is 0 Å². The Morgan fingerprint density at radius 1 is 1.42 bits per heavy atom. The quantitative estimate of drug-likeness (QED) is 0.727. The van der Waals surface area contributed by atoms with Crippen LogP contribution in [0.1, 0.15) is 12.5 Å². The molecule has 0 bridgehead atoms. The van der Waals surface area contributed by atoms with Gasteiger partial charge in [-0.1, -0.05) is 12.2 Å². The van der Waals surface area contributed by atoms with Crippen molar-refractivity contribution < 1.29 is 9.84 Å². The van der Waals surface area contributed by atoms with Crippen LogP contribution in [0.4, 0.5) is 0 Å². The van der Waals surface area contributed by atoms with Crippen LogP contribution in [-0.2, 0) is 0 Å². The lowest BCUT2D eigenvalue weighted by molar-refractivity contribution is 0.412. The average Bonchev–Trinajstić information content (AvgIpc) is 2.09. The maximum absolute atomic E-state index is 9.35. The van der Waals surface area contributed by atoms with Crippen molar-refractivity contribution in [1.82, 2.24) is 0 Å². The zero-order valence-electron chi connectivity index (χ0n) is 7.24. The predicted octanol–water partition coefficient (Wildman–Crippen LogP) is 2.43. The molecule has 0 aromatic heterocycles. The van der Waals surface area contributed by atoms with Gasteiger partial charge in [0.25, 0.3) is 0 Å². The lowest BCUT2D eigenvalue weighted by atomic mass is 10.2. The topological polar surface area (TPSA) is 29.5 Å². The van der Waals surface area contributed by atoms with E-state index in [9.17, 15) is 5.11 Å². The van der Waals surface area contributed by atoms with Crippen LogP contribution in [0.3, 0.4) is 0 Å². The van der Waals surface area contributed by atoms with Gasteiger partial charge >= 0.3 is 0 Å². The van der Waals surface area contributed by atoms with Gasteiger partial charge in [0.1, 0.15) is 11.5 Å². The highest BCUT2D eigenvalue weighted by molar-refractivity contribution is 5.58. The number of hydrogen-bond donors (Lipinski definition) is 1. The highest BCUT2D eigenvalue weighted by atomic mass is 16.5. The van der Waals surface area contributed by atoms with Crippen molar-refractivity contribution in [1.29, 1.82) is 0 Å². The Morgan fingerprint density at radius 2 is 2.17 bits per heavy atom. The third kappa shape index (κ3) is 1.78. The van der Waals surface area contributed by atoms with E-state index < -0.39 is 0 Å². The fraction of sp³-hybridized carbons (Fsp3) is 0.200. The van der Waals surface area contributed by atoms with Crippen LogP contribution in [-0.4, -0.2) is 12.2 Å². The van der Waals surface area contributed by atoms with Crippen LogP contribution in [0.2, 0.25) is 0 Å². The molecular formula is C10H12O2. The van der Waals surface area contributed by atoms with Crippen LogP contribution in [0.25, 0.3) is 6.08 Å². The molecule has 1 rings (SSSR count). The molecule has 0 heterocycles. The SMILES string of the molecule is CC=Cc1cc(OC)ccc1O. The number of ether oxygens (including phenoxy) is 1. The summed E-state index contributed by atoms with van der Waals surface area (Å²) in [5, 5.41) is 9.35. The number of rotatable bonds is 2. The second-order valence-electron chi connectivity index (χ2n) is 2.42. The Balaban J connectivity index is 3.08. The lowest BCUT2D eigenvalue weighted by Crippen LogP contribution is -1.83.